The fourth-order valence-electron chi connectivity index (χ4n) is 2.96. The maximum absolute atomic E-state index is 4.62. The van der Waals surface area contributed by atoms with Crippen molar-refractivity contribution >= 4 is 0 Å². The van der Waals surface area contributed by atoms with E-state index in [-0.39, 0.29) is 5.54 Å². The van der Waals surface area contributed by atoms with E-state index in [1.165, 1.54) is 24.1 Å². The average molecular weight is 273 g/mol. The predicted molar refractivity (Wildman–Crippen MR) is 78.3 cm³/mol. The minimum absolute atomic E-state index is 0.0521. The highest BCUT2D eigenvalue weighted by Crippen LogP contribution is 2.32. The molecule has 2 aromatic heterocycles. The van der Waals surface area contributed by atoms with Gasteiger partial charge in [0.1, 0.15) is 5.82 Å². The lowest BCUT2D eigenvalue weighted by Gasteiger charge is -2.28. The Morgan fingerprint density at radius 1 is 1.45 bits per heavy atom. The monoisotopic (exact) mass is 273 g/mol. The molecule has 20 heavy (non-hydrogen) atoms. The number of aromatic nitrogens is 4. The second-order valence-corrected chi connectivity index (χ2v) is 6.49. The number of rotatable bonds is 3. The van der Waals surface area contributed by atoms with Crippen LogP contribution < -0.4 is 5.32 Å². The van der Waals surface area contributed by atoms with Crippen molar-refractivity contribution in [1.29, 1.82) is 0 Å². The van der Waals surface area contributed by atoms with Crippen molar-refractivity contribution < 1.29 is 0 Å². The molecular weight excluding hydrogens is 250 g/mol. The molecule has 0 aliphatic heterocycles. The molecule has 0 fully saturated rings. The second kappa shape index (κ2) is 5.05. The van der Waals surface area contributed by atoms with Crippen molar-refractivity contribution in [3.05, 3.63) is 35.7 Å². The van der Waals surface area contributed by atoms with E-state index in [4.69, 9.17) is 0 Å². The Hall–Kier alpha value is -1.62. The predicted octanol–water partition coefficient (Wildman–Crippen LogP) is 2.53. The molecule has 0 bridgehead atoms. The lowest BCUT2D eigenvalue weighted by molar-refractivity contribution is 0.334. The van der Waals surface area contributed by atoms with Crippen LogP contribution in [0.3, 0.4) is 0 Å². The Morgan fingerprint density at radius 2 is 2.30 bits per heavy atom. The van der Waals surface area contributed by atoms with Gasteiger partial charge in [-0.25, -0.2) is 4.98 Å². The summed E-state index contributed by atoms with van der Waals surface area (Å²) in [6, 6.07) is 0.389. The zero-order chi connectivity index (χ0) is 14.2. The smallest absolute Gasteiger partial charge is 0.120 e. The molecule has 0 aromatic carbocycles. The van der Waals surface area contributed by atoms with Gasteiger partial charge in [0.25, 0.3) is 0 Å². The van der Waals surface area contributed by atoms with E-state index >= 15 is 0 Å². The van der Waals surface area contributed by atoms with Gasteiger partial charge in [0.15, 0.2) is 0 Å². The molecule has 0 amide bonds. The Morgan fingerprint density at radius 3 is 3.00 bits per heavy atom. The number of nitrogens with one attached hydrogen (secondary N) is 2. The van der Waals surface area contributed by atoms with Gasteiger partial charge in [-0.2, -0.15) is 5.10 Å². The summed E-state index contributed by atoms with van der Waals surface area (Å²) in [6.45, 7) is 7.40. The number of imidazole rings is 1. The molecule has 5 heteroatoms. The second-order valence-electron chi connectivity index (χ2n) is 6.49. The number of fused-ring (bicyclic) bond motifs is 1. The molecule has 0 unspecified atom stereocenters. The molecule has 0 radical (unpaired) electrons. The maximum Gasteiger partial charge on any atom is 0.120 e. The average Bonchev–Trinajstić information content (AvgIpc) is 3.04. The van der Waals surface area contributed by atoms with Crippen molar-refractivity contribution in [1.82, 2.24) is 25.1 Å². The van der Waals surface area contributed by atoms with Crippen LogP contribution >= 0.6 is 0 Å². The van der Waals surface area contributed by atoms with Gasteiger partial charge in [0.2, 0.25) is 0 Å². The molecule has 2 heterocycles. The van der Waals surface area contributed by atoms with Crippen LogP contribution in [0.5, 0.6) is 0 Å². The first-order valence-corrected chi connectivity index (χ1v) is 7.34. The summed E-state index contributed by atoms with van der Waals surface area (Å²) < 4.78 is 2.18. The fraction of sp³-hybridized carbons (Fsp3) is 0.600. The van der Waals surface area contributed by atoms with Crippen LogP contribution in [0.2, 0.25) is 0 Å². The van der Waals surface area contributed by atoms with Crippen molar-refractivity contribution in [3.63, 3.8) is 0 Å². The number of aromatic amines is 1. The first kappa shape index (κ1) is 13.4. The van der Waals surface area contributed by atoms with E-state index in [0.717, 1.165) is 18.8 Å². The number of H-pyrrole nitrogens is 1. The highest BCUT2D eigenvalue weighted by molar-refractivity contribution is 5.26. The largest absolute Gasteiger partial charge is 0.348 e. The lowest BCUT2D eigenvalue weighted by Crippen LogP contribution is -2.29. The van der Waals surface area contributed by atoms with E-state index in [1.807, 2.05) is 12.4 Å². The molecule has 2 aromatic rings. The Bertz CT molecular complexity index is 562. The molecule has 0 spiro atoms. The number of nitrogens with zero attached hydrogens (tertiary/aromatic N) is 3. The Kier molecular flexibility index (Phi) is 3.38. The molecular formula is C15H23N5. The van der Waals surface area contributed by atoms with Gasteiger partial charge in [0, 0.05) is 29.7 Å². The summed E-state index contributed by atoms with van der Waals surface area (Å²) in [4.78, 5) is 7.40. The van der Waals surface area contributed by atoms with E-state index in [9.17, 15) is 0 Å². The van der Waals surface area contributed by atoms with Crippen LogP contribution in [0, 0.1) is 0 Å². The lowest BCUT2D eigenvalue weighted by atomic mass is 9.92. The van der Waals surface area contributed by atoms with Crippen LogP contribution in [-0.4, -0.2) is 19.7 Å². The minimum atomic E-state index is 0.0521. The minimum Gasteiger partial charge on any atom is -0.348 e. The van der Waals surface area contributed by atoms with Gasteiger partial charge < -0.3 is 10.3 Å². The van der Waals surface area contributed by atoms with Crippen LogP contribution in [0.15, 0.2) is 18.6 Å². The van der Waals surface area contributed by atoms with Gasteiger partial charge >= 0.3 is 0 Å². The summed E-state index contributed by atoms with van der Waals surface area (Å²) in [7, 11) is 0. The highest BCUT2D eigenvalue weighted by Gasteiger charge is 2.27. The zero-order valence-corrected chi connectivity index (χ0v) is 12.5. The van der Waals surface area contributed by atoms with Gasteiger partial charge in [-0.1, -0.05) is 0 Å². The fourth-order valence-corrected chi connectivity index (χ4v) is 2.96. The summed E-state index contributed by atoms with van der Waals surface area (Å²) >= 11 is 0. The van der Waals surface area contributed by atoms with Gasteiger partial charge in [0.05, 0.1) is 18.3 Å². The van der Waals surface area contributed by atoms with Crippen LogP contribution in [0.1, 0.15) is 56.7 Å². The normalized spacial score (nSPS) is 19.1. The SMILES string of the molecule is CC(C)(C)n1ncc2c1CCC[C@H]2NCc1ncc[nH]1. The topological polar surface area (TPSA) is 58.5 Å². The first-order chi connectivity index (χ1) is 9.55. The molecule has 1 aliphatic rings. The maximum atomic E-state index is 4.62. The van der Waals surface area contributed by atoms with Crippen molar-refractivity contribution in [2.24, 2.45) is 0 Å². The van der Waals surface area contributed by atoms with E-state index in [1.54, 1.807) is 6.20 Å². The first-order valence-electron chi connectivity index (χ1n) is 7.34. The Balaban J connectivity index is 1.78. The third kappa shape index (κ3) is 2.50. The van der Waals surface area contributed by atoms with Gasteiger partial charge in [-0.3, -0.25) is 4.68 Å². The number of hydrogen-bond donors (Lipinski definition) is 2. The van der Waals surface area contributed by atoms with E-state index < -0.39 is 0 Å². The summed E-state index contributed by atoms with van der Waals surface area (Å²) in [6.07, 6.45) is 9.21. The van der Waals surface area contributed by atoms with Gasteiger partial charge in [-0.15, -0.1) is 0 Å². The molecule has 2 N–H and O–H groups in total. The van der Waals surface area contributed by atoms with Crippen LogP contribution in [0.4, 0.5) is 0 Å². The number of hydrogen-bond acceptors (Lipinski definition) is 3. The third-order valence-electron chi connectivity index (χ3n) is 3.89. The summed E-state index contributed by atoms with van der Waals surface area (Å²) in [5, 5.41) is 8.22. The van der Waals surface area contributed by atoms with Crippen molar-refractivity contribution in [3.8, 4) is 0 Å². The van der Waals surface area contributed by atoms with Crippen LogP contribution in [-0.2, 0) is 18.5 Å². The Labute approximate surface area is 119 Å². The molecule has 5 nitrogen and oxygen atoms in total. The molecule has 108 valence electrons. The molecule has 3 rings (SSSR count). The summed E-state index contributed by atoms with van der Waals surface area (Å²) in [5.74, 6) is 0.986. The molecule has 1 aliphatic carbocycles. The quantitative estimate of drug-likeness (QED) is 0.903. The van der Waals surface area contributed by atoms with Crippen molar-refractivity contribution in [2.75, 3.05) is 0 Å². The highest BCUT2D eigenvalue weighted by atomic mass is 15.3. The standard InChI is InChI=1S/C15H23N5/c1-15(2,3)20-13-6-4-5-12(11(13)9-19-20)18-10-14-16-7-8-17-14/h7-9,12,18H,4-6,10H2,1-3H3,(H,16,17)/t12-/m1/s1. The molecule has 0 saturated heterocycles. The zero-order valence-electron chi connectivity index (χ0n) is 12.5. The third-order valence-corrected chi connectivity index (χ3v) is 3.89. The van der Waals surface area contributed by atoms with Crippen LogP contribution in [0.25, 0.3) is 0 Å². The van der Waals surface area contributed by atoms with E-state index in [2.05, 4.69) is 45.8 Å². The molecule has 0 saturated carbocycles. The van der Waals surface area contributed by atoms with Crippen molar-refractivity contribution in [2.45, 2.75) is 58.2 Å². The molecule has 1 atom stereocenters. The van der Waals surface area contributed by atoms with E-state index in [0.29, 0.717) is 6.04 Å². The summed E-state index contributed by atoms with van der Waals surface area (Å²) in [5.41, 5.74) is 2.80. The van der Waals surface area contributed by atoms with Gasteiger partial charge in [-0.05, 0) is 40.0 Å².